The predicted molar refractivity (Wildman–Crippen MR) is 122 cm³/mol. The average molecular weight is 441 g/mol. The highest BCUT2D eigenvalue weighted by Gasteiger charge is 2.18. The fourth-order valence-electron chi connectivity index (χ4n) is 3.33. The van der Waals surface area contributed by atoms with Gasteiger partial charge < -0.3 is 4.57 Å². The fourth-order valence-corrected chi connectivity index (χ4v) is 4.39. The van der Waals surface area contributed by atoms with Crippen LogP contribution in [0.25, 0.3) is 11.2 Å². The van der Waals surface area contributed by atoms with Gasteiger partial charge in [0.2, 0.25) is 0 Å². The summed E-state index contributed by atoms with van der Waals surface area (Å²) in [6.45, 7) is 0.468. The monoisotopic (exact) mass is 440 g/mol. The van der Waals surface area contributed by atoms with E-state index in [1.54, 1.807) is 18.8 Å². The topological polar surface area (TPSA) is 72.7 Å². The van der Waals surface area contributed by atoms with Crippen LogP contribution in [0, 0.1) is 0 Å². The number of hydrogen-bond acceptors (Lipinski definition) is 4. The number of aryl methyl sites for hydroxylation is 2. The molecular weight excluding hydrogens is 420 g/mol. The van der Waals surface area contributed by atoms with Crippen molar-refractivity contribution in [3.63, 3.8) is 0 Å². The van der Waals surface area contributed by atoms with Crippen LogP contribution in [0.1, 0.15) is 17.5 Å². The molecule has 0 spiro atoms. The van der Waals surface area contributed by atoms with E-state index in [-0.39, 0.29) is 0 Å². The summed E-state index contributed by atoms with van der Waals surface area (Å²) in [5.41, 5.74) is 2.19. The number of nitrogens with one attached hydrogen (secondary N) is 1. The molecule has 0 unspecified atom stereocenters. The number of H-pyrrole nitrogens is 1. The van der Waals surface area contributed by atoms with Crippen LogP contribution in [0.5, 0.6) is 0 Å². The van der Waals surface area contributed by atoms with Crippen molar-refractivity contribution in [2.24, 2.45) is 7.05 Å². The Kier molecular flexibility index (Phi) is 6.11. The minimum Gasteiger partial charge on any atom is -0.309 e. The summed E-state index contributed by atoms with van der Waals surface area (Å²) in [5, 5.41) is 1.38. The molecule has 0 amide bonds. The number of aromatic amines is 1. The number of nitrogens with zero attached hydrogens (tertiary/aromatic N) is 3. The van der Waals surface area contributed by atoms with Gasteiger partial charge in [-0.1, -0.05) is 65.8 Å². The smallest absolute Gasteiger partial charge is 0.309 e. The van der Waals surface area contributed by atoms with E-state index >= 15 is 0 Å². The summed E-state index contributed by atoms with van der Waals surface area (Å²) in [4.78, 5) is 31.6. The second-order valence-electron chi connectivity index (χ2n) is 7.04. The van der Waals surface area contributed by atoms with Gasteiger partial charge in [0.15, 0.2) is 16.3 Å². The number of aromatic nitrogens is 4. The number of thioether (sulfide) groups is 1. The Morgan fingerprint density at radius 3 is 2.50 bits per heavy atom. The standard InChI is InChI=1S/C22H21ClN4O2S/c1-26-19-18(20(28)25-21(26)29)27(14-16-9-11-17(23)12-10-16)22(24-19)30-13-5-8-15-6-3-2-4-7-15/h2-4,6-7,9-12H,5,8,13-14H2,1H3,(H,25,28,29). The number of fused-ring (bicyclic) bond motifs is 1. The van der Waals surface area contributed by atoms with E-state index in [4.69, 9.17) is 11.6 Å². The molecule has 2 aromatic heterocycles. The molecule has 0 saturated carbocycles. The Hall–Kier alpha value is -2.77. The molecule has 30 heavy (non-hydrogen) atoms. The summed E-state index contributed by atoms with van der Waals surface area (Å²) in [6.07, 6.45) is 1.96. The highest BCUT2D eigenvalue weighted by atomic mass is 35.5. The maximum absolute atomic E-state index is 12.6. The van der Waals surface area contributed by atoms with Crippen LogP contribution < -0.4 is 11.2 Å². The number of hydrogen-bond donors (Lipinski definition) is 1. The molecule has 0 saturated heterocycles. The number of imidazole rings is 1. The fraction of sp³-hybridized carbons (Fsp3) is 0.227. The maximum atomic E-state index is 12.6. The molecule has 4 rings (SSSR count). The van der Waals surface area contributed by atoms with Crippen molar-refractivity contribution in [3.05, 3.63) is 91.6 Å². The lowest BCUT2D eigenvalue weighted by Crippen LogP contribution is -2.29. The lowest BCUT2D eigenvalue weighted by molar-refractivity contribution is 0.727. The largest absolute Gasteiger partial charge is 0.329 e. The van der Waals surface area contributed by atoms with Crippen molar-refractivity contribution >= 4 is 34.5 Å². The highest BCUT2D eigenvalue weighted by Crippen LogP contribution is 2.24. The van der Waals surface area contributed by atoms with Crippen molar-refractivity contribution in [2.45, 2.75) is 24.5 Å². The Bertz CT molecular complexity index is 1280. The molecular formula is C22H21ClN4O2S. The van der Waals surface area contributed by atoms with Crippen molar-refractivity contribution < 1.29 is 0 Å². The Morgan fingerprint density at radius 2 is 1.77 bits per heavy atom. The molecule has 2 heterocycles. The quantitative estimate of drug-likeness (QED) is 0.350. The van der Waals surface area contributed by atoms with Crippen LogP contribution in [0.2, 0.25) is 5.02 Å². The molecule has 8 heteroatoms. The molecule has 6 nitrogen and oxygen atoms in total. The SMILES string of the molecule is Cn1c(=O)[nH]c(=O)c2c1nc(SCCCc1ccccc1)n2Cc1ccc(Cl)cc1. The first-order valence-corrected chi connectivity index (χ1v) is 11.0. The van der Waals surface area contributed by atoms with Gasteiger partial charge in [-0.15, -0.1) is 0 Å². The van der Waals surface area contributed by atoms with Gasteiger partial charge in [-0.25, -0.2) is 9.78 Å². The molecule has 0 fully saturated rings. The second kappa shape index (κ2) is 8.93. The van der Waals surface area contributed by atoms with E-state index in [1.165, 1.54) is 10.1 Å². The van der Waals surface area contributed by atoms with E-state index < -0.39 is 11.2 Å². The average Bonchev–Trinajstić information content (AvgIpc) is 3.11. The summed E-state index contributed by atoms with van der Waals surface area (Å²) in [5.74, 6) is 0.852. The zero-order chi connectivity index (χ0) is 21.1. The number of rotatable bonds is 7. The van der Waals surface area contributed by atoms with Gasteiger partial charge in [0.05, 0.1) is 6.54 Å². The summed E-state index contributed by atoms with van der Waals surface area (Å²) >= 11 is 7.60. The molecule has 0 atom stereocenters. The molecule has 0 aliphatic carbocycles. The summed E-state index contributed by atoms with van der Waals surface area (Å²) < 4.78 is 3.26. The summed E-state index contributed by atoms with van der Waals surface area (Å²) in [7, 11) is 1.62. The minimum atomic E-state index is -0.468. The molecule has 0 radical (unpaired) electrons. The van der Waals surface area contributed by atoms with E-state index in [0.717, 1.165) is 29.3 Å². The van der Waals surface area contributed by atoms with Crippen molar-refractivity contribution in [1.82, 2.24) is 19.1 Å². The van der Waals surface area contributed by atoms with Gasteiger partial charge in [-0.05, 0) is 36.1 Å². The van der Waals surface area contributed by atoms with Crippen LogP contribution in [0.15, 0.2) is 69.3 Å². The second-order valence-corrected chi connectivity index (χ2v) is 8.53. The normalized spacial score (nSPS) is 11.3. The van der Waals surface area contributed by atoms with Crippen LogP contribution in [0.4, 0.5) is 0 Å². The lowest BCUT2D eigenvalue weighted by Gasteiger charge is -2.09. The highest BCUT2D eigenvalue weighted by molar-refractivity contribution is 7.99. The molecule has 154 valence electrons. The third kappa shape index (κ3) is 4.37. The van der Waals surface area contributed by atoms with Crippen LogP contribution in [0.3, 0.4) is 0 Å². The van der Waals surface area contributed by atoms with E-state index in [1.807, 2.05) is 47.0 Å². The van der Waals surface area contributed by atoms with Crippen LogP contribution in [-0.2, 0) is 20.0 Å². The zero-order valence-electron chi connectivity index (χ0n) is 16.5. The van der Waals surface area contributed by atoms with E-state index in [2.05, 4.69) is 22.1 Å². The predicted octanol–water partition coefficient (Wildman–Crippen LogP) is 3.85. The molecule has 0 aliphatic heterocycles. The third-order valence-corrected chi connectivity index (χ3v) is 6.22. The number of halogens is 1. The van der Waals surface area contributed by atoms with E-state index in [9.17, 15) is 9.59 Å². The molecule has 2 aromatic carbocycles. The van der Waals surface area contributed by atoms with Crippen molar-refractivity contribution in [3.8, 4) is 0 Å². The summed E-state index contributed by atoms with van der Waals surface area (Å²) in [6, 6.07) is 17.8. The Morgan fingerprint density at radius 1 is 1.03 bits per heavy atom. The zero-order valence-corrected chi connectivity index (χ0v) is 18.0. The van der Waals surface area contributed by atoms with Gasteiger partial charge in [0.1, 0.15) is 0 Å². The molecule has 0 bridgehead atoms. The van der Waals surface area contributed by atoms with Crippen LogP contribution in [-0.4, -0.2) is 24.9 Å². The van der Waals surface area contributed by atoms with Gasteiger partial charge in [0, 0.05) is 17.8 Å². The first kappa shape index (κ1) is 20.5. The van der Waals surface area contributed by atoms with Gasteiger partial charge in [-0.2, -0.15) is 0 Å². The van der Waals surface area contributed by atoms with Gasteiger partial charge in [-0.3, -0.25) is 14.3 Å². The van der Waals surface area contributed by atoms with Gasteiger partial charge >= 0.3 is 5.69 Å². The molecule has 0 aliphatic rings. The Labute approximate surface area is 182 Å². The first-order valence-electron chi connectivity index (χ1n) is 9.63. The third-order valence-electron chi connectivity index (χ3n) is 4.91. The van der Waals surface area contributed by atoms with Gasteiger partial charge in [0.25, 0.3) is 5.56 Å². The van der Waals surface area contributed by atoms with Crippen LogP contribution >= 0.6 is 23.4 Å². The number of benzene rings is 2. The molecule has 4 aromatic rings. The first-order chi connectivity index (χ1) is 14.5. The Balaban J connectivity index is 1.64. The molecule has 1 N–H and O–H groups in total. The lowest BCUT2D eigenvalue weighted by atomic mass is 10.1. The van der Waals surface area contributed by atoms with Crippen molar-refractivity contribution in [1.29, 1.82) is 0 Å². The van der Waals surface area contributed by atoms with E-state index in [0.29, 0.717) is 22.7 Å². The maximum Gasteiger partial charge on any atom is 0.329 e. The minimum absolute atomic E-state index is 0.392. The van der Waals surface area contributed by atoms with Crippen molar-refractivity contribution in [2.75, 3.05) is 5.75 Å².